The number of rotatable bonds is 7. The maximum atomic E-state index is 10.8. The third kappa shape index (κ3) is 4.49. The van der Waals surface area contributed by atoms with Gasteiger partial charge in [0.15, 0.2) is 0 Å². The second kappa shape index (κ2) is 9.40. The zero-order chi connectivity index (χ0) is 22.5. The number of aryl methyl sites for hydroxylation is 1. The molecular formula is C28H24O4. The molecule has 4 aromatic rings. The van der Waals surface area contributed by atoms with Crippen LogP contribution < -0.4 is 9.47 Å². The molecule has 4 rings (SSSR count). The zero-order valence-electron chi connectivity index (χ0n) is 18.0. The number of aliphatic carboxylic acids is 1. The molecule has 4 heteroatoms. The van der Waals surface area contributed by atoms with Crippen molar-refractivity contribution in [1.82, 2.24) is 0 Å². The predicted octanol–water partition coefficient (Wildman–Crippen LogP) is 6.97. The Labute approximate surface area is 187 Å². The highest BCUT2D eigenvalue weighted by Gasteiger charge is 2.17. The first-order valence-electron chi connectivity index (χ1n) is 10.5. The second-order valence-electron chi connectivity index (χ2n) is 7.39. The smallest absolute Gasteiger partial charge is 0.328 e. The average Bonchev–Trinajstić information content (AvgIpc) is 2.83. The van der Waals surface area contributed by atoms with Crippen molar-refractivity contribution in [2.45, 2.75) is 13.3 Å². The van der Waals surface area contributed by atoms with Crippen LogP contribution in [0.4, 0.5) is 0 Å². The van der Waals surface area contributed by atoms with E-state index in [1.54, 1.807) is 13.2 Å². The van der Waals surface area contributed by atoms with Crippen LogP contribution in [0, 0.1) is 0 Å². The summed E-state index contributed by atoms with van der Waals surface area (Å²) in [6, 6.07) is 25.8. The van der Waals surface area contributed by atoms with Crippen LogP contribution in [0.5, 0.6) is 17.2 Å². The second-order valence-corrected chi connectivity index (χ2v) is 7.39. The summed E-state index contributed by atoms with van der Waals surface area (Å²) >= 11 is 0. The molecule has 4 nitrogen and oxygen atoms in total. The molecule has 0 unspecified atom stereocenters. The average molecular weight is 424 g/mol. The Morgan fingerprint density at radius 1 is 0.938 bits per heavy atom. The van der Waals surface area contributed by atoms with Crippen molar-refractivity contribution in [2.24, 2.45) is 0 Å². The number of benzene rings is 4. The van der Waals surface area contributed by atoms with Crippen LogP contribution in [0.25, 0.3) is 28.0 Å². The molecule has 0 fully saturated rings. The van der Waals surface area contributed by atoms with Crippen molar-refractivity contribution in [1.29, 1.82) is 0 Å². The lowest BCUT2D eigenvalue weighted by atomic mass is 9.92. The maximum absolute atomic E-state index is 10.8. The fourth-order valence-corrected chi connectivity index (χ4v) is 3.77. The van der Waals surface area contributed by atoms with Crippen molar-refractivity contribution in [3.8, 4) is 28.4 Å². The van der Waals surface area contributed by atoms with Crippen LogP contribution in [0.3, 0.4) is 0 Å². The van der Waals surface area contributed by atoms with Gasteiger partial charge >= 0.3 is 5.97 Å². The Morgan fingerprint density at radius 3 is 2.31 bits per heavy atom. The lowest BCUT2D eigenvalue weighted by Crippen LogP contribution is -1.96. The summed E-state index contributed by atoms with van der Waals surface area (Å²) in [4.78, 5) is 10.8. The van der Waals surface area contributed by atoms with Gasteiger partial charge in [-0.1, -0.05) is 55.5 Å². The number of hydrogen-bond acceptors (Lipinski definition) is 3. The van der Waals surface area contributed by atoms with E-state index in [1.165, 1.54) is 5.56 Å². The summed E-state index contributed by atoms with van der Waals surface area (Å²) in [7, 11) is 1.66. The highest BCUT2D eigenvalue weighted by atomic mass is 16.5. The first kappa shape index (κ1) is 21.2. The number of methoxy groups -OCH3 is 1. The molecule has 0 aliphatic rings. The standard InChI is InChI=1S/C28H24O4/c1-3-20-17-22-18-24(31-2)14-15-25(22)28(27(20)21-7-5-4-6-8-21)32-23-12-9-19(10-13-23)11-16-26(29)30/h4-18H,3H2,1-2H3,(H,29,30). The van der Waals surface area contributed by atoms with Gasteiger partial charge in [0, 0.05) is 17.0 Å². The largest absolute Gasteiger partial charge is 0.497 e. The Balaban J connectivity index is 1.86. The first-order valence-corrected chi connectivity index (χ1v) is 10.5. The van der Waals surface area contributed by atoms with E-state index < -0.39 is 5.97 Å². The van der Waals surface area contributed by atoms with Crippen LogP contribution in [-0.4, -0.2) is 18.2 Å². The van der Waals surface area contributed by atoms with Gasteiger partial charge in [0.1, 0.15) is 17.2 Å². The van der Waals surface area contributed by atoms with Gasteiger partial charge in [-0.05, 0) is 64.9 Å². The van der Waals surface area contributed by atoms with E-state index in [-0.39, 0.29) is 0 Å². The maximum Gasteiger partial charge on any atom is 0.328 e. The molecule has 0 amide bonds. The quantitative estimate of drug-likeness (QED) is 0.326. The van der Waals surface area contributed by atoms with Gasteiger partial charge in [-0.15, -0.1) is 0 Å². The van der Waals surface area contributed by atoms with Crippen LogP contribution in [0.2, 0.25) is 0 Å². The Kier molecular flexibility index (Phi) is 6.22. The molecule has 0 heterocycles. The highest BCUT2D eigenvalue weighted by molar-refractivity contribution is 5.98. The van der Waals surface area contributed by atoms with Crippen LogP contribution >= 0.6 is 0 Å². The van der Waals surface area contributed by atoms with Gasteiger partial charge in [0.05, 0.1) is 7.11 Å². The minimum Gasteiger partial charge on any atom is -0.497 e. The minimum atomic E-state index is -0.976. The van der Waals surface area contributed by atoms with E-state index in [4.69, 9.17) is 14.6 Å². The summed E-state index contributed by atoms with van der Waals surface area (Å²) in [6.07, 6.45) is 3.53. The highest BCUT2D eigenvalue weighted by Crippen LogP contribution is 2.43. The Morgan fingerprint density at radius 2 is 1.66 bits per heavy atom. The lowest BCUT2D eigenvalue weighted by Gasteiger charge is -2.19. The van der Waals surface area contributed by atoms with Gasteiger partial charge in [-0.2, -0.15) is 0 Å². The number of hydrogen-bond donors (Lipinski definition) is 1. The van der Waals surface area contributed by atoms with Crippen molar-refractivity contribution in [3.63, 3.8) is 0 Å². The monoisotopic (exact) mass is 424 g/mol. The van der Waals surface area contributed by atoms with Crippen molar-refractivity contribution < 1.29 is 19.4 Å². The van der Waals surface area contributed by atoms with Crippen LogP contribution in [-0.2, 0) is 11.2 Å². The fourth-order valence-electron chi connectivity index (χ4n) is 3.77. The molecule has 0 atom stereocenters. The molecule has 0 aliphatic heterocycles. The number of ether oxygens (including phenoxy) is 2. The first-order chi connectivity index (χ1) is 15.6. The van der Waals surface area contributed by atoms with E-state index >= 15 is 0 Å². The van der Waals surface area contributed by atoms with Crippen LogP contribution in [0.15, 0.2) is 84.9 Å². The van der Waals surface area contributed by atoms with Crippen molar-refractivity contribution in [2.75, 3.05) is 7.11 Å². The molecule has 160 valence electrons. The summed E-state index contributed by atoms with van der Waals surface area (Å²) in [5.74, 6) is 1.30. The van der Waals surface area contributed by atoms with Crippen molar-refractivity contribution in [3.05, 3.63) is 96.1 Å². The van der Waals surface area contributed by atoms with Crippen LogP contribution in [0.1, 0.15) is 18.1 Å². The molecule has 0 spiro atoms. The molecule has 1 N–H and O–H groups in total. The summed E-state index contributed by atoms with van der Waals surface area (Å²) in [6.45, 7) is 2.14. The van der Waals surface area contributed by atoms with Crippen molar-refractivity contribution >= 4 is 22.8 Å². The topological polar surface area (TPSA) is 55.8 Å². The molecule has 32 heavy (non-hydrogen) atoms. The SMILES string of the molecule is CCc1cc2cc(OC)ccc2c(Oc2ccc(C=CC(=O)O)cc2)c1-c1ccccc1. The number of carboxylic acids is 1. The number of carbonyl (C=O) groups is 1. The fraction of sp³-hybridized carbons (Fsp3) is 0.107. The molecule has 4 aromatic carbocycles. The number of carboxylic acid groups (broad SMARTS) is 1. The molecule has 0 saturated heterocycles. The molecule has 0 bridgehead atoms. The Hall–Kier alpha value is -4.05. The predicted molar refractivity (Wildman–Crippen MR) is 128 cm³/mol. The van der Waals surface area contributed by atoms with E-state index in [0.29, 0.717) is 5.75 Å². The summed E-state index contributed by atoms with van der Waals surface area (Å²) in [5, 5.41) is 10.9. The van der Waals surface area contributed by atoms with E-state index in [9.17, 15) is 4.79 Å². The Bertz CT molecular complexity index is 1270. The third-order valence-corrected chi connectivity index (χ3v) is 5.34. The summed E-state index contributed by atoms with van der Waals surface area (Å²) in [5.41, 5.74) is 4.14. The van der Waals surface area contributed by atoms with Gasteiger partial charge in [0.25, 0.3) is 0 Å². The van der Waals surface area contributed by atoms with Gasteiger partial charge in [0.2, 0.25) is 0 Å². The van der Waals surface area contributed by atoms with E-state index in [2.05, 4.69) is 25.1 Å². The number of fused-ring (bicyclic) bond motifs is 1. The van der Waals surface area contributed by atoms with E-state index in [1.807, 2.05) is 60.7 Å². The van der Waals surface area contributed by atoms with Gasteiger partial charge < -0.3 is 14.6 Å². The third-order valence-electron chi connectivity index (χ3n) is 5.34. The minimum absolute atomic E-state index is 0.681. The molecule has 0 radical (unpaired) electrons. The summed E-state index contributed by atoms with van der Waals surface area (Å²) < 4.78 is 11.9. The lowest BCUT2D eigenvalue weighted by molar-refractivity contribution is -0.131. The van der Waals surface area contributed by atoms with Gasteiger partial charge in [-0.25, -0.2) is 4.79 Å². The zero-order valence-corrected chi connectivity index (χ0v) is 18.0. The molecular weight excluding hydrogens is 400 g/mol. The molecule has 0 saturated carbocycles. The molecule has 0 aliphatic carbocycles. The van der Waals surface area contributed by atoms with E-state index in [0.717, 1.165) is 51.5 Å². The van der Waals surface area contributed by atoms with Gasteiger partial charge in [-0.3, -0.25) is 0 Å². The normalized spacial score (nSPS) is 11.1. The molecule has 0 aromatic heterocycles.